The van der Waals surface area contributed by atoms with Crippen LogP contribution in [0.1, 0.15) is 83.8 Å². The molecule has 0 heterocycles. The van der Waals surface area contributed by atoms with Crippen molar-refractivity contribution in [2.45, 2.75) is 91.0 Å². The van der Waals surface area contributed by atoms with Gasteiger partial charge in [0.25, 0.3) is 0 Å². The molecule has 0 bridgehead atoms. The SMILES string of the molecule is CCCCCCCCCc1ccc(CC(COC(C)=O)(COC(C)=O)NC(C)=O)cc1. The molecule has 1 aromatic carbocycles. The van der Waals surface area contributed by atoms with Gasteiger partial charge in [0.2, 0.25) is 5.91 Å². The van der Waals surface area contributed by atoms with Gasteiger partial charge in [-0.25, -0.2) is 0 Å². The van der Waals surface area contributed by atoms with Crippen LogP contribution in [0.4, 0.5) is 0 Å². The zero-order valence-electron chi connectivity index (χ0n) is 19.6. The highest BCUT2D eigenvalue weighted by Gasteiger charge is 2.34. The van der Waals surface area contributed by atoms with Gasteiger partial charge in [0.1, 0.15) is 18.8 Å². The number of unbranched alkanes of at least 4 members (excludes halogenated alkanes) is 6. The lowest BCUT2D eigenvalue weighted by Gasteiger charge is -2.33. The molecule has 174 valence electrons. The van der Waals surface area contributed by atoms with E-state index in [4.69, 9.17) is 9.47 Å². The second-order valence-electron chi connectivity index (χ2n) is 8.39. The fourth-order valence-electron chi connectivity index (χ4n) is 3.61. The standard InChI is InChI=1S/C25H39NO5/c1-5-6-7-8-9-10-11-12-23-13-15-24(16-14-23)17-25(26-20(2)27,18-30-21(3)28)19-31-22(4)29/h13-16H,5-12,17-19H2,1-4H3,(H,26,27). The maximum absolute atomic E-state index is 11.8. The normalized spacial score (nSPS) is 11.1. The smallest absolute Gasteiger partial charge is 0.302 e. The number of amides is 1. The summed E-state index contributed by atoms with van der Waals surface area (Å²) in [6, 6.07) is 8.24. The summed E-state index contributed by atoms with van der Waals surface area (Å²) < 4.78 is 10.4. The minimum absolute atomic E-state index is 0.0744. The number of rotatable bonds is 15. The molecule has 0 radical (unpaired) electrons. The van der Waals surface area contributed by atoms with Crippen LogP contribution in [0.25, 0.3) is 0 Å². The van der Waals surface area contributed by atoms with Crippen molar-refractivity contribution < 1.29 is 23.9 Å². The van der Waals surface area contributed by atoms with Crippen LogP contribution in [0.2, 0.25) is 0 Å². The van der Waals surface area contributed by atoms with Gasteiger partial charge in [-0.2, -0.15) is 0 Å². The highest BCUT2D eigenvalue weighted by molar-refractivity contribution is 5.74. The van der Waals surface area contributed by atoms with Crippen LogP contribution in [0.3, 0.4) is 0 Å². The van der Waals surface area contributed by atoms with Crippen molar-refractivity contribution in [3.63, 3.8) is 0 Å². The van der Waals surface area contributed by atoms with Gasteiger partial charge in [-0.1, -0.05) is 69.7 Å². The first-order valence-corrected chi connectivity index (χ1v) is 11.4. The van der Waals surface area contributed by atoms with E-state index < -0.39 is 17.5 Å². The summed E-state index contributed by atoms with van der Waals surface area (Å²) >= 11 is 0. The summed E-state index contributed by atoms with van der Waals surface area (Å²) in [4.78, 5) is 34.6. The van der Waals surface area contributed by atoms with E-state index in [0.29, 0.717) is 6.42 Å². The number of ether oxygens (including phenoxy) is 2. The Balaban J connectivity index is 2.73. The van der Waals surface area contributed by atoms with Gasteiger partial charge >= 0.3 is 11.9 Å². The minimum Gasteiger partial charge on any atom is -0.463 e. The Labute approximate surface area is 187 Å². The number of nitrogens with one attached hydrogen (secondary N) is 1. The Morgan fingerprint density at radius 3 is 1.74 bits per heavy atom. The molecule has 0 saturated heterocycles. The lowest BCUT2D eigenvalue weighted by atomic mass is 9.91. The zero-order valence-corrected chi connectivity index (χ0v) is 19.6. The summed E-state index contributed by atoms with van der Waals surface area (Å²) in [7, 11) is 0. The second kappa shape index (κ2) is 14.6. The van der Waals surface area contributed by atoms with Crippen LogP contribution in [0, 0.1) is 0 Å². The molecule has 1 amide bonds. The number of hydrogen-bond donors (Lipinski definition) is 1. The second-order valence-corrected chi connectivity index (χ2v) is 8.39. The van der Waals surface area contributed by atoms with Crippen molar-refractivity contribution in [2.75, 3.05) is 13.2 Å². The minimum atomic E-state index is -1.01. The highest BCUT2D eigenvalue weighted by Crippen LogP contribution is 2.18. The lowest BCUT2D eigenvalue weighted by molar-refractivity contribution is -0.150. The molecule has 0 aromatic heterocycles. The maximum atomic E-state index is 11.8. The Hall–Kier alpha value is -2.37. The van der Waals surface area contributed by atoms with Gasteiger partial charge in [-0.15, -0.1) is 0 Å². The summed E-state index contributed by atoms with van der Waals surface area (Å²) in [6.07, 6.45) is 10.4. The van der Waals surface area contributed by atoms with E-state index in [1.807, 2.05) is 12.1 Å². The monoisotopic (exact) mass is 433 g/mol. The van der Waals surface area contributed by atoms with Crippen LogP contribution in [-0.4, -0.2) is 36.6 Å². The first-order chi connectivity index (χ1) is 14.8. The first kappa shape index (κ1) is 26.7. The third kappa shape index (κ3) is 12.2. The molecule has 0 saturated carbocycles. The number of hydrogen-bond acceptors (Lipinski definition) is 5. The van der Waals surface area contributed by atoms with E-state index in [0.717, 1.165) is 12.0 Å². The fourth-order valence-corrected chi connectivity index (χ4v) is 3.61. The number of carbonyl (C=O) groups excluding carboxylic acids is 3. The molecular formula is C25H39NO5. The molecular weight excluding hydrogens is 394 g/mol. The average molecular weight is 434 g/mol. The van der Waals surface area contributed by atoms with Crippen molar-refractivity contribution >= 4 is 17.8 Å². The molecule has 1 aromatic rings. The Morgan fingerprint density at radius 1 is 0.774 bits per heavy atom. The molecule has 0 fully saturated rings. The zero-order chi connectivity index (χ0) is 23.1. The third-order valence-corrected chi connectivity index (χ3v) is 5.18. The van der Waals surface area contributed by atoms with E-state index >= 15 is 0 Å². The van der Waals surface area contributed by atoms with Crippen molar-refractivity contribution in [3.8, 4) is 0 Å². The molecule has 0 spiro atoms. The van der Waals surface area contributed by atoms with E-state index in [9.17, 15) is 14.4 Å². The van der Waals surface area contributed by atoms with Gasteiger partial charge in [0.15, 0.2) is 0 Å². The molecule has 1 rings (SSSR count). The molecule has 6 nitrogen and oxygen atoms in total. The summed E-state index contributed by atoms with van der Waals surface area (Å²) in [6.45, 7) is 6.09. The average Bonchev–Trinajstić information content (AvgIpc) is 2.71. The number of carbonyl (C=O) groups is 3. The van der Waals surface area contributed by atoms with Crippen LogP contribution >= 0.6 is 0 Å². The molecule has 31 heavy (non-hydrogen) atoms. The van der Waals surface area contributed by atoms with Crippen molar-refractivity contribution in [1.82, 2.24) is 5.32 Å². The maximum Gasteiger partial charge on any atom is 0.302 e. The molecule has 6 heteroatoms. The summed E-state index contributed by atoms with van der Waals surface area (Å²) in [5.74, 6) is -1.19. The molecule has 0 aliphatic heterocycles. The molecule has 0 aliphatic carbocycles. The van der Waals surface area contributed by atoms with Gasteiger partial charge in [0.05, 0.1) is 0 Å². The summed E-state index contributed by atoms with van der Waals surface area (Å²) in [5, 5.41) is 2.84. The molecule has 1 N–H and O–H groups in total. The Kier molecular flexibility index (Phi) is 12.6. The van der Waals surface area contributed by atoms with Crippen LogP contribution in [0.15, 0.2) is 24.3 Å². The predicted octanol–water partition coefficient (Wildman–Crippen LogP) is 4.52. The number of esters is 2. The van der Waals surface area contributed by atoms with E-state index in [-0.39, 0.29) is 19.1 Å². The third-order valence-electron chi connectivity index (χ3n) is 5.18. The number of aryl methyl sites for hydroxylation is 1. The van der Waals surface area contributed by atoms with Gasteiger partial charge < -0.3 is 14.8 Å². The van der Waals surface area contributed by atoms with Crippen LogP contribution in [0.5, 0.6) is 0 Å². The van der Waals surface area contributed by atoms with Crippen molar-refractivity contribution in [2.24, 2.45) is 0 Å². The van der Waals surface area contributed by atoms with E-state index in [1.165, 1.54) is 71.3 Å². The van der Waals surface area contributed by atoms with Gasteiger partial charge in [0, 0.05) is 27.2 Å². The van der Waals surface area contributed by atoms with Crippen LogP contribution < -0.4 is 5.32 Å². The predicted molar refractivity (Wildman–Crippen MR) is 122 cm³/mol. The van der Waals surface area contributed by atoms with E-state index in [2.05, 4.69) is 24.4 Å². The quantitative estimate of drug-likeness (QED) is 0.325. The van der Waals surface area contributed by atoms with Gasteiger partial charge in [-0.05, 0) is 24.0 Å². The van der Waals surface area contributed by atoms with Crippen LogP contribution in [-0.2, 0) is 36.7 Å². The lowest BCUT2D eigenvalue weighted by Crippen LogP contribution is -2.56. The molecule has 0 atom stereocenters. The highest BCUT2D eigenvalue weighted by atomic mass is 16.5. The number of benzene rings is 1. The van der Waals surface area contributed by atoms with E-state index in [1.54, 1.807) is 0 Å². The topological polar surface area (TPSA) is 81.7 Å². The van der Waals surface area contributed by atoms with Crippen molar-refractivity contribution in [1.29, 1.82) is 0 Å². The molecule has 0 aliphatic rings. The fraction of sp³-hybridized carbons (Fsp3) is 0.640. The first-order valence-electron chi connectivity index (χ1n) is 11.4. The Bertz CT molecular complexity index is 666. The largest absolute Gasteiger partial charge is 0.463 e. The summed E-state index contributed by atoms with van der Waals surface area (Å²) in [5.41, 5.74) is 1.24. The Morgan fingerprint density at radius 2 is 1.26 bits per heavy atom. The van der Waals surface area contributed by atoms with Gasteiger partial charge in [-0.3, -0.25) is 14.4 Å². The molecule has 0 unspecified atom stereocenters. The van der Waals surface area contributed by atoms with Crippen molar-refractivity contribution in [3.05, 3.63) is 35.4 Å².